The highest BCUT2D eigenvalue weighted by atomic mass is 127. The van der Waals surface area contributed by atoms with Crippen LogP contribution in [-0.4, -0.2) is 70.7 Å². The van der Waals surface area contributed by atoms with Crippen LogP contribution in [0.3, 0.4) is 0 Å². The molecule has 2 saturated heterocycles. The molecule has 0 radical (unpaired) electrons. The number of halogens is 1. The number of rotatable bonds is 5. The topological polar surface area (TPSA) is 57.9 Å². The molecule has 0 spiro atoms. The molecule has 7 nitrogen and oxygen atoms in total. The minimum atomic E-state index is 0. The maximum absolute atomic E-state index is 5.85. The van der Waals surface area contributed by atoms with E-state index in [2.05, 4.69) is 80.9 Å². The number of ether oxygens (including phenoxy) is 1. The van der Waals surface area contributed by atoms with Gasteiger partial charge in [0.1, 0.15) is 0 Å². The van der Waals surface area contributed by atoms with Gasteiger partial charge in [0.2, 0.25) is 0 Å². The van der Waals surface area contributed by atoms with Crippen molar-refractivity contribution in [3.63, 3.8) is 0 Å². The summed E-state index contributed by atoms with van der Waals surface area (Å²) < 4.78 is 8.09. The van der Waals surface area contributed by atoms with E-state index in [1.54, 1.807) is 0 Å². The number of piperidine rings is 1. The lowest BCUT2D eigenvalue weighted by Gasteiger charge is -2.39. The van der Waals surface area contributed by atoms with Crippen molar-refractivity contribution in [1.82, 2.24) is 24.7 Å². The fourth-order valence-corrected chi connectivity index (χ4v) is 5.04. The number of hydrogen-bond acceptors (Lipinski definition) is 4. The lowest BCUT2D eigenvalue weighted by Crippen LogP contribution is -2.48. The molecule has 4 atom stereocenters. The van der Waals surface area contributed by atoms with Gasteiger partial charge in [-0.2, -0.15) is 0 Å². The standard InChI is InChI=1S/C25H38N6O.HI/c1-19-9-11-30(17-24(19)31-12-10-27-18-31)25(26-4)28-13-22-5-7-23(8-6-22)16-29-14-20(2)32-21(3)15-29;/h5-8,10,12,18-21,24H,9,11,13-17H2,1-4H3,(H,26,28);1H. The fourth-order valence-electron chi connectivity index (χ4n) is 5.04. The average Bonchev–Trinajstić information content (AvgIpc) is 3.30. The van der Waals surface area contributed by atoms with Crippen molar-refractivity contribution < 1.29 is 4.74 Å². The normalized spacial score (nSPS) is 26.7. The Labute approximate surface area is 215 Å². The number of nitrogens with zero attached hydrogens (tertiary/aromatic N) is 5. The Balaban J connectivity index is 0.00000306. The van der Waals surface area contributed by atoms with Crippen LogP contribution in [-0.2, 0) is 17.8 Å². The maximum Gasteiger partial charge on any atom is 0.193 e. The molecule has 1 N–H and O–H groups in total. The van der Waals surface area contributed by atoms with E-state index >= 15 is 0 Å². The zero-order valence-corrected chi connectivity index (χ0v) is 22.7. The fraction of sp³-hybridized carbons (Fsp3) is 0.600. The monoisotopic (exact) mass is 566 g/mol. The summed E-state index contributed by atoms with van der Waals surface area (Å²) >= 11 is 0. The van der Waals surface area contributed by atoms with E-state index in [0.29, 0.717) is 24.2 Å². The quantitative estimate of drug-likeness (QED) is 0.340. The summed E-state index contributed by atoms with van der Waals surface area (Å²) in [5.41, 5.74) is 2.63. The number of hydrogen-bond donors (Lipinski definition) is 1. The molecule has 1 aromatic carbocycles. The number of aliphatic imine (C=N–C) groups is 1. The molecule has 1 aromatic heterocycles. The van der Waals surface area contributed by atoms with Crippen LogP contribution in [0.4, 0.5) is 0 Å². The van der Waals surface area contributed by atoms with Crippen molar-refractivity contribution in [3.05, 3.63) is 54.1 Å². The highest BCUT2D eigenvalue weighted by molar-refractivity contribution is 14.0. The molecule has 2 aromatic rings. The van der Waals surface area contributed by atoms with E-state index < -0.39 is 0 Å². The molecular formula is C25H39IN6O. The first-order chi connectivity index (χ1) is 15.5. The van der Waals surface area contributed by atoms with E-state index in [-0.39, 0.29) is 24.0 Å². The number of benzene rings is 1. The van der Waals surface area contributed by atoms with Gasteiger partial charge in [-0.05, 0) is 37.3 Å². The second-order valence-electron chi connectivity index (χ2n) is 9.46. The molecule has 8 heteroatoms. The SMILES string of the molecule is CN=C(NCc1ccc(CN2CC(C)OC(C)C2)cc1)N1CCC(C)C(n2ccnc2)C1.I. The minimum Gasteiger partial charge on any atom is -0.373 e. The molecule has 2 fully saturated rings. The van der Waals surface area contributed by atoms with Crippen molar-refractivity contribution in [2.75, 3.05) is 33.2 Å². The van der Waals surface area contributed by atoms with Gasteiger partial charge in [0, 0.05) is 58.7 Å². The molecule has 0 aliphatic carbocycles. The third kappa shape index (κ3) is 6.93. The second-order valence-corrected chi connectivity index (χ2v) is 9.46. The van der Waals surface area contributed by atoms with Crippen LogP contribution in [0.1, 0.15) is 44.4 Å². The highest BCUT2D eigenvalue weighted by Gasteiger charge is 2.29. The Hall–Kier alpha value is -1.65. The first-order valence-corrected chi connectivity index (χ1v) is 11.9. The lowest BCUT2D eigenvalue weighted by molar-refractivity contribution is -0.0704. The number of aromatic nitrogens is 2. The summed E-state index contributed by atoms with van der Waals surface area (Å²) in [5, 5.41) is 3.57. The molecular weight excluding hydrogens is 527 g/mol. The summed E-state index contributed by atoms with van der Waals surface area (Å²) in [6, 6.07) is 9.39. The van der Waals surface area contributed by atoms with E-state index in [1.165, 1.54) is 11.1 Å². The number of morpholine rings is 1. The van der Waals surface area contributed by atoms with E-state index in [9.17, 15) is 0 Å². The molecule has 0 amide bonds. The third-order valence-corrected chi connectivity index (χ3v) is 6.71. The van der Waals surface area contributed by atoms with Gasteiger partial charge in [0.05, 0.1) is 24.6 Å². The van der Waals surface area contributed by atoms with Gasteiger partial charge in [-0.3, -0.25) is 9.89 Å². The highest BCUT2D eigenvalue weighted by Crippen LogP contribution is 2.27. The molecule has 33 heavy (non-hydrogen) atoms. The number of guanidine groups is 1. The summed E-state index contributed by atoms with van der Waals surface area (Å²) in [7, 11) is 1.88. The summed E-state index contributed by atoms with van der Waals surface area (Å²) in [6.07, 6.45) is 7.63. The Morgan fingerprint density at radius 2 is 1.79 bits per heavy atom. The Morgan fingerprint density at radius 3 is 2.42 bits per heavy atom. The summed E-state index contributed by atoms with van der Waals surface area (Å²) in [5.74, 6) is 1.60. The van der Waals surface area contributed by atoms with E-state index in [4.69, 9.17) is 4.74 Å². The lowest BCUT2D eigenvalue weighted by atomic mass is 9.93. The predicted octanol–water partition coefficient (Wildman–Crippen LogP) is 3.77. The average molecular weight is 567 g/mol. The molecule has 4 rings (SSSR count). The van der Waals surface area contributed by atoms with Crippen LogP contribution in [0.5, 0.6) is 0 Å². The zero-order valence-electron chi connectivity index (χ0n) is 20.4. The first-order valence-electron chi connectivity index (χ1n) is 11.9. The first kappa shape index (κ1) is 26.0. The van der Waals surface area contributed by atoms with E-state index in [1.807, 2.05) is 19.6 Å². The van der Waals surface area contributed by atoms with Crippen molar-refractivity contribution in [2.24, 2.45) is 10.9 Å². The van der Waals surface area contributed by atoms with Crippen molar-refractivity contribution >= 4 is 29.9 Å². The Morgan fingerprint density at radius 1 is 1.09 bits per heavy atom. The second kappa shape index (κ2) is 12.2. The van der Waals surface area contributed by atoms with Crippen molar-refractivity contribution in [1.29, 1.82) is 0 Å². The third-order valence-electron chi connectivity index (χ3n) is 6.71. The van der Waals surface area contributed by atoms with Crippen molar-refractivity contribution in [3.8, 4) is 0 Å². The van der Waals surface area contributed by atoms with Crippen molar-refractivity contribution in [2.45, 2.75) is 58.5 Å². The summed E-state index contributed by atoms with van der Waals surface area (Å²) in [6.45, 7) is 12.4. The van der Waals surface area contributed by atoms with Gasteiger partial charge in [-0.15, -0.1) is 24.0 Å². The molecule has 4 unspecified atom stereocenters. The predicted molar refractivity (Wildman–Crippen MR) is 144 cm³/mol. The van der Waals surface area contributed by atoms with Crippen LogP contribution in [0, 0.1) is 5.92 Å². The molecule has 0 bridgehead atoms. The molecule has 3 heterocycles. The number of nitrogens with one attached hydrogen (secondary N) is 1. The zero-order chi connectivity index (χ0) is 22.5. The van der Waals surface area contributed by atoms with Crippen LogP contribution in [0.15, 0.2) is 48.0 Å². The van der Waals surface area contributed by atoms with Gasteiger partial charge in [-0.25, -0.2) is 4.98 Å². The van der Waals surface area contributed by atoms with Crippen LogP contribution < -0.4 is 5.32 Å². The number of likely N-dealkylation sites (tertiary alicyclic amines) is 1. The summed E-state index contributed by atoms with van der Waals surface area (Å²) in [4.78, 5) is 13.7. The van der Waals surface area contributed by atoms with Gasteiger partial charge in [0.15, 0.2) is 5.96 Å². The molecule has 0 saturated carbocycles. The molecule has 2 aliphatic heterocycles. The van der Waals surface area contributed by atoms with Crippen LogP contribution in [0.2, 0.25) is 0 Å². The largest absolute Gasteiger partial charge is 0.373 e. The van der Waals surface area contributed by atoms with Gasteiger partial charge >= 0.3 is 0 Å². The molecule has 2 aliphatic rings. The van der Waals surface area contributed by atoms with E-state index in [0.717, 1.165) is 51.6 Å². The van der Waals surface area contributed by atoms with Gasteiger partial charge in [0.25, 0.3) is 0 Å². The minimum absolute atomic E-state index is 0. The Bertz CT molecular complexity index is 862. The molecule has 182 valence electrons. The van der Waals surface area contributed by atoms with Gasteiger partial charge < -0.3 is 19.5 Å². The van der Waals surface area contributed by atoms with Crippen LogP contribution in [0.25, 0.3) is 0 Å². The smallest absolute Gasteiger partial charge is 0.193 e. The van der Waals surface area contributed by atoms with Crippen LogP contribution >= 0.6 is 24.0 Å². The Kier molecular flexibility index (Phi) is 9.57. The van der Waals surface area contributed by atoms with Gasteiger partial charge in [-0.1, -0.05) is 31.2 Å². The number of imidazole rings is 1. The maximum atomic E-state index is 5.85.